The molecule has 1 heterocycles. The summed E-state index contributed by atoms with van der Waals surface area (Å²) in [7, 11) is 0. The van der Waals surface area contributed by atoms with Crippen molar-refractivity contribution in [3.63, 3.8) is 0 Å². The van der Waals surface area contributed by atoms with E-state index in [1.54, 1.807) is 0 Å². The van der Waals surface area contributed by atoms with Crippen molar-refractivity contribution < 1.29 is 9.90 Å². The first-order chi connectivity index (χ1) is 6.22. The molecule has 0 aliphatic carbocycles. The molecule has 0 radical (unpaired) electrons. The minimum absolute atomic E-state index is 0.541. The van der Waals surface area contributed by atoms with Gasteiger partial charge >= 0.3 is 6.09 Å². The molecule has 1 aliphatic heterocycles. The standard InChI is InChI=1S/C9H18N2O2/c1-2-11-5-3-8(4-6-11)7-10-9(12)13/h8,10H,2-7H2,1H3,(H,12,13). The second-order valence-corrected chi connectivity index (χ2v) is 3.56. The number of likely N-dealkylation sites (tertiary alicyclic amines) is 1. The van der Waals surface area contributed by atoms with E-state index in [0.29, 0.717) is 12.5 Å². The molecule has 76 valence electrons. The van der Waals surface area contributed by atoms with Crippen molar-refractivity contribution in [2.75, 3.05) is 26.2 Å². The SMILES string of the molecule is CCN1CCC(CNC(=O)O)CC1. The summed E-state index contributed by atoms with van der Waals surface area (Å²) in [6.45, 7) is 6.12. The fourth-order valence-corrected chi connectivity index (χ4v) is 1.74. The summed E-state index contributed by atoms with van der Waals surface area (Å²) in [6, 6.07) is 0. The average molecular weight is 186 g/mol. The lowest BCUT2D eigenvalue weighted by atomic mass is 9.97. The van der Waals surface area contributed by atoms with E-state index < -0.39 is 6.09 Å². The van der Waals surface area contributed by atoms with Crippen LogP contribution in [-0.2, 0) is 0 Å². The molecule has 2 N–H and O–H groups in total. The lowest BCUT2D eigenvalue weighted by Crippen LogP contribution is -2.38. The molecular weight excluding hydrogens is 168 g/mol. The molecule has 0 atom stereocenters. The first kappa shape index (κ1) is 10.3. The number of amides is 1. The van der Waals surface area contributed by atoms with Crippen molar-refractivity contribution in [3.8, 4) is 0 Å². The van der Waals surface area contributed by atoms with E-state index in [9.17, 15) is 4.79 Å². The van der Waals surface area contributed by atoms with Gasteiger partial charge in [-0.15, -0.1) is 0 Å². The quantitative estimate of drug-likeness (QED) is 0.691. The molecule has 1 rings (SSSR count). The Hall–Kier alpha value is -0.770. The zero-order chi connectivity index (χ0) is 9.68. The maximum absolute atomic E-state index is 10.2. The van der Waals surface area contributed by atoms with E-state index in [1.165, 1.54) is 0 Å². The molecule has 0 saturated carbocycles. The first-order valence-corrected chi connectivity index (χ1v) is 4.91. The average Bonchev–Trinajstić information content (AvgIpc) is 2.15. The Balaban J connectivity index is 2.14. The van der Waals surface area contributed by atoms with Crippen molar-refractivity contribution in [3.05, 3.63) is 0 Å². The van der Waals surface area contributed by atoms with Crippen LogP contribution in [-0.4, -0.2) is 42.3 Å². The van der Waals surface area contributed by atoms with Crippen molar-refractivity contribution >= 4 is 6.09 Å². The van der Waals surface area contributed by atoms with E-state index in [-0.39, 0.29) is 0 Å². The number of nitrogens with zero attached hydrogens (tertiary/aromatic N) is 1. The van der Waals surface area contributed by atoms with E-state index >= 15 is 0 Å². The van der Waals surface area contributed by atoms with Gasteiger partial charge in [0.05, 0.1) is 0 Å². The highest BCUT2D eigenvalue weighted by Crippen LogP contribution is 2.15. The monoisotopic (exact) mass is 186 g/mol. The minimum Gasteiger partial charge on any atom is -0.465 e. The van der Waals surface area contributed by atoms with Gasteiger partial charge in [0.2, 0.25) is 0 Å². The van der Waals surface area contributed by atoms with Crippen LogP contribution in [0.3, 0.4) is 0 Å². The molecule has 1 aliphatic rings. The maximum atomic E-state index is 10.2. The third-order valence-corrected chi connectivity index (χ3v) is 2.70. The van der Waals surface area contributed by atoms with Crippen molar-refractivity contribution in [2.45, 2.75) is 19.8 Å². The third kappa shape index (κ3) is 3.63. The number of nitrogens with one attached hydrogen (secondary N) is 1. The number of carbonyl (C=O) groups is 1. The molecule has 4 nitrogen and oxygen atoms in total. The highest BCUT2D eigenvalue weighted by molar-refractivity contribution is 5.64. The fraction of sp³-hybridized carbons (Fsp3) is 0.889. The number of hydrogen-bond donors (Lipinski definition) is 2. The number of hydrogen-bond acceptors (Lipinski definition) is 2. The van der Waals surface area contributed by atoms with Gasteiger partial charge in [-0.1, -0.05) is 6.92 Å². The number of rotatable bonds is 3. The van der Waals surface area contributed by atoms with Crippen LogP contribution in [0.25, 0.3) is 0 Å². The summed E-state index contributed by atoms with van der Waals surface area (Å²) in [5.74, 6) is 0.541. The van der Waals surface area contributed by atoms with Gasteiger partial charge in [0.15, 0.2) is 0 Å². The van der Waals surface area contributed by atoms with Gasteiger partial charge in [0.1, 0.15) is 0 Å². The molecule has 0 unspecified atom stereocenters. The van der Waals surface area contributed by atoms with E-state index in [2.05, 4.69) is 17.1 Å². The second-order valence-electron chi connectivity index (χ2n) is 3.56. The fourth-order valence-electron chi connectivity index (χ4n) is 1.74. The van der Waals surface area contributed by atoms with Gasteiger partial charge < -0.3 is 15.3 Å². The number of carboxylic acid groups (broad SMARTS) is 1. The van der Waals surface area contributed by atoms with Crippen LogP contribution in [0.1, 0.15) is 19.8 Å². The summed E-state index contributed by atoms with van der Waals surface area (Å²) in [6.07, 6.45) is 1.33. The van der Waals surface area contributed by atoms with Gasteiger partial charge in [-0.25, -0.2) is 4.79 Å². The Kier molecular flexibility index (Phi) is 4.02. The maximum Gasteiger partial charge on any atom is 0.404 e. The summed E-state index contributed by atoms with van der Waals surface area (Å²) >= 11 is 0. The molecule has 1 amide bonds. The molecule has 0 aromatic heterocycles. The predicted molar refractivity (Wildman–Crippen MR) is 50.9 cm³/mol. The predicted octanol–water partition coefficient (Wildman–Crippen LogP) is 0.986. The van der Waals surface area contributed by atoms with Crippen LogP contribution in [0, 0.1) is 5.92 Å². The van der Waals surface area contributed by atoms with Crippen molar-refractivity contribution in [1.82, 2.24) is 10.2 Å². The Morgan fingerprint density at radius 1 is 1.54 bits per heavy atom. The highest BCUT2D eigenvalue weighted by atomic mass is 16.4. The summed E-state index contributed by atoms with van der Waals surface area (Å²) in [5.41, 5.74) is 0. The molecular formula is C9H18N2O2. The summed E-state index contributed by atoms with van der Waals surface area (Å²) in [5, 5.41) is 10.9. The van der Waals surface area contributed by atoms with Crippen molar-refractivity contribution in [1.29, 1.82) is 0 Å². The zero-order valence-corrected chi connectivity index (χ0v) is 8.12. The number of piperidine rings is 1. The van der Waals surface area contributed by atoms with Gasteiger partial charge in [-0.05, 0) is 38.4 Å². The highest BCUT2D eigenvalue weighted by Gasteiger charge is 2.17. The van der Waals surface area contributed by atoms with Crippen molar-refractivity contribution in [2.24, 2.45) is 5.92 Å². The molecule has 0 spiro atoms. The van der Waals surface area contributed by atoms with Crippen LogP contribution >= 0.6 is 0 Å². The van der Waals surface area contributed by atoms with Crippen LogP contribution in [0.15, 0.2) is 0 Å². The molecule has 1 fully saturated rings. The third-order valence-electron chi connectivity index (χ3n) is 2.70. The Bertz CT molecular complexity index is 165. The van der Waals surface area contributed by atoms with Gasteiger partial charge in [0.25, 0.3) is 0 Å². The molecule has 1 saturated heterocycles. The summed E-state index contributed by atoms with van der Waals surface area (Å²) in [4.78, 5) is 12.6. The molecule has 0 bridgehead atoms. The largest absolute Gasteiger partial charge is 0.465 e. The van der Waals surface area contributed by atoms with Gasteiger partial charge in [-0.3, -0.25) is 0 Å². The molecule has 13 heavy (non-hydrogen) atoms. The Morgan fingerprint density at radius 2 is 2.15 bits per heavy atom. The lowest BCUT2D eigenvalue weighted by Gasteiger charge is -2.30. The van der Waals surface area contributed by atoms with Crippen LogP contribution in [0.4, 0.5) is 4.79 Å². The topological polar surface area (TPSA) is 52.6 Å². The first-order valence-electron chi connectivity index (χ1n) is 4.91. The van der Waals surface area contributed by atoms with Crippen LogP contribution in [0.2, 0.25) is 0 Å². The smallest absolute Gasteiger partial charge is 0.404 e. The van der Waals surface area contributed by atoms with Crippen LogP contribution < -0.4 is 5.32 Å². The van der Waals surface area contributed by atoms with Crippen LogP contribution in [0.5, 0.6) is 0 Å². The van der Waals surface area contributed by atoms with Gasteiger partial charge in [0, 0.05) is 6.54 Å². The molecule has 0 aromatic rings. The minimum atomic E-state index is -0.905. The normalized spacial score (nSPS) is 20.1. The van der Waals surface area contributed by atoms with E-state index in [0.717, 1.165) is 32.5 Å². The summed E-state index contributed by atoms with van der Waals surface area (Å²) < 4.78 is 0. The molecule has 0 aromatic carbocycles. The van der Waals surface area contributed by atoms with E-state index in [1.807, 2.05) is 0 Å². The zero-order valence-electron chi connectivity index (χ0n) is 8.12. The Morgan fingerprint density at radius 3 is 2.62 bits per heavy atom. The lowest BCUT2D eigenvalue weighted by molar-refractivity contribution is 0.174. The Labute approximate surface area is 78.9 Å². The second kappa shape index (κ2) is 5.07. The van der Waals surface area contributed by atoms with Gasteiger partial charge in [-0.2, -0.15) is 0 Å². The molecule has 4 heteroatoms. The van der Waals surface area contributed by atoms with E-state index in [4.69, 9.17) is 5.11 Å².